The molecule has 1 unspecified atom stereocenters. The summed E-state index contributed by atoms with van der Waals surface area (Å²) in [5, 5.41) is 18.8. The van der Waals surface area contributed by atoms with Crippen molar-refractivity contribution in [1.82, 2.24) is 20.3 Å². The summed E-state index contributed by atoms with van der Waals surface area (Å²) in [4.78, 5) is 37.4. The number of nitrogens with zero attached hydrogens (tertiary/aromatic N) is 3. The highest BCUT2D eigenvalue weighted by atomic mass is 32.2. The maximum absolute atomic E-state index is 12.7. The number of hydrogen-bond acceptors (Lipinski definition) is 10. The number of amides is 1. The summed E-state index contributed by atoms with van der Waals surface area (Å²) < 4.78 is 0. The van der Waals surface area contributed by atoms with E-state index >= 15 is 0 Å². The fourth-order valence-corrected chi connectivity index (χ4v) is 3.45. The second-order valence-corrected chi connectivity index (χ2v) is 9.39. The first-order chi connectivity index (χ1) is 15.2. The summed E-state index contributed by atoms with van der Waals surface area (Å²) in [5.41, 5.74) is 11.1. The molecular formula is C20H38N8O3S. The average molecular weight is 471 g/mol. The molecule has 11 nitrogen and oxygen atoms in total. The lowest BCUT2D eigenvalue weighted by Crippen LogP contribution is -2.41. The standard InChI is InChI=1S/C20H38N8O3S/c1-12(2)10-14(16(29)23-8-5-6-21)24-18-26-19(28-20(27-18)32-9-7-22)25-15(17(30)31)11-13(3)4/h12-15H,5-11,21-22H2,1-4H3,(H,23,29)(H,30,31)(H2,24,25,26,27,28)/t14?,15-/m0/s1. The number of carbonyl (C=O) groups is 2. The molecule has 0 spiro atoms. The van der Waals surface area contributed by atoms with Crippen LogP contribution in [0.3, 0.4) is 0 Å². The van der Waals surface area contributed by atoms with E-state index in [1.54, 1.807) is 0 Å². The summed E-state index contributed by atoms with van der Waals surface area (Å²) in [7, 11) is 0. The van der Waals surface area contributed by atoms with Crippen LogP contribution in [0.1, 0.15) is 47.0 Å². The fourth-order valence-electron chi connectivity index (χ4n) is 2.84. The Kier molecular flexibility index (Phi) is 12.9. The summed E-state index contributed by atoms with van der Waals surface area (Å²) in [6, 6.07) is -1.40. The number of thioether (sulfide) groups is 1. The van der Waals surface area contributed by atoms with Crippen molar-refractivity contribution in [2.45, 2.75) is 64.2 Å². The highest BCUT2D eigenvalue weighted by Crippen LogP contribution is 2.19. The molecule has 0 bridgehead atoms. The van der Waals surface area contributed by atoms with Crippen molar-refractivity contribution >= 4 is 35.5 Å². The van der Waals surface area contributed by atoms with E-state index in [9.17, 15) is 14.7 Å². The molecule has 0 saturated heterocycles. The molecule has 0 aromatic carbocycles. The zero-order valence-corrected chi connectivity index (χ0v) is 20.2. The number of nitrogens with one attached hydrogen (secondary N) is 3. The quantitative estimate of drug-likeness (QED) is 0.150. The van der Waals surface area contributed by atoms with Crippen LogP contribution in [0.25, 0.3) is 0 Å². The smallest absolute Gasteiger partial charge is 0.326 e. The number of carbonyl (C=O) groups excluding carboxylic acids is 1. The molecular weight excluding hydrogens is 432 g/mol. The first kappa shape index (κ1) is 27.9. The molecule has 0 aliphatic heterocycles. The van der Waals surface area contributed by atoms with E-state index in [0.717, 1.165) is 0 Å². The Hall–Kier alpha value is -2.18. The largest absolute Gasteiger partial charge is 0.480 e. The number of hydrogen-bond donors (Lipinski definition) is 6. The van der Waals surface area contributed by atoms with Crippen LogP contribution >= 0.6 is 11.8 Å². The molecule has 12 heteroatoms. The van der Waals surface area contributed by atoms with E-state index in [1.807, 2.05) is 27.7 Å². The summed E-state index contributed by atoms with van der Waals surface area (Å²) in [5.74, 6) is 0.203. The van der Waals surface area contributed by atoms with Gasteiger partial charge in [-0.25, -0.2) is 4.79 Å². The number of aromatic nitrogens is 3. The summed E-state index contributed by atoms with van der Waals surface area (Å²) >= 11 is 1.34. The lowest BCUT2D eigenvalue weighted by molar-refractivity contribution is -0.138. The third kappa shape index (κ3) is 10.9. The van der Waals surface area contributed by atoms with Gasteiger partial charge in [-0.3, -0.25) is 4.79 Å². The molecule has 1 aromatic rings. The number of nitrogens with two attached hydrogens (primary N) is 2. The van der Waals surface area contributed by atoms with Gasteiger partial charge in [0.1, 0.15) is 12.1 Å². The molecule has 1 aromatic heterocycles. The van der Waals surface area contributed by atoms with Gasteiger partial charge in [-0.05, 0) is 37.6 Å². The molecule has 182 valence electrons. The molecule has 0 fully saturated rings. The van der Waals surface area contributed by atoms with Gasteiger partial charge < -0.3 is 32.5 Å². The minimum Gasteiger partial charge on any atom is -0.480 e. The van der Waals surface area contributed by atoms with Crippen molar-refractivity contribution in [3.8, 4) is 0 Å². The van der Waals surface area contributed by atoms with Crippen molar-refractivity contribution in [1.29, 1.82) is 0 Å². The molecule has 1 heterocycles. The van der Waals surface area contributed by atoms with E-state index in [0.29, 0.717) is 49.8 Å². The molecule has 0 aliphatic rings. The van der Waals surface area contributed by atoms with E-state index in [1.165, 1.54) is 11.8 Å². The van der Waals surface area contributed by atoms with Crippen molar-refractivity contribution in [3.05, 3.63) is 0 Å². The molecule has 2 atom stereocenters. The van der Waals surface area contributed by atoms with Crippen LogP contribution in [-0.4, -0.2) is 69.4 Å². The zero-order chi connectivity index (χ0) is 24.1. The fraction of sp³-hybridized carbons (Fsp3) is 0.750. The predicted molar refractivity (Wildman–Crippen MR) is 128 cm³/mol. The van der Waals surface area contributed by atoms with E-state index in [4.69, 9.17) is 11.5 Å². The van der Waals surface area contributed by atoms with E-state index in [2.05, 4.69) is 30.9 Å². The van der Waals surface area contributed by atoms with Gasteiger partial charge in [-0.2, -0.15) is 15.0 Å². The van der Waals surface area contributed by atoms with Crippen molar-refractivity contribution in [3.63, 3.8) is 0 Å². The minimum absolute atomic E-state index is 0.141. The first-order valence-electron chi connectivity index (χ1n) is 11.0. The van der Waals surface area contributed by atoms with Gasteiger partial charge in [0, 0.05) is 18.8 Å². The van der Waals surface area contributed by atoms with Crippen molar-refractivity contribution in [2.75, 3.05) is 36.0 Å². The number of carboxylic acid groups (broad SMARTS) is 1. The average Bonchev–Trinajstić information content (AvgIpc) is 2.70. The third-order valence-corrected chi connectivity index (χ3v) is 5.16. The second kappa shape index (κ2) is 14.8. The Labute approximate surface area is 194 Å². The Morgan fingerprint density at radius 3 is 2.00 bits per heavy atom. The van der Waals surface area contributed by atoms with Gasteiger partial charge in [0.2, 0.25) is 17.8 Å². The lowest BCUT2D eigenvalue weighted by Gasteiger charge is -2.21. The zero-order valence-electron chi connectivity index (χ0n) is 19.4. The summed E-state index contributed by atoms with van der Waals surface area (Å²) in [6.45, 7) is 9.35. The number of aliphatic carboxylic acids is 1. The van der Waals surface area contributed by atoms with E-state index in [-0.39, 0.29) is 29.6 Å². The normalized spacial score (nSPS) is 13.1. The van der Waals surface area contributed by atoms with Gasteiger partial charge in [-0.1, -0.05) is 39.5 Å². The van der Waals surface area contributed by atoms with Gasteiger partial charge in [0.05, 0.1) is 0 Å². The number of carboxylic acids is 1. The monoisotopic (exact) mass is 470 g/mol. The van der Waals surface area contributed by atoms with Crippen LogP contribution in [0.2, 0.25) is 0 Å². The number of anilines is 2. The molecule has 0 aliphatic carbocycles. The van der Waals surface area contributed by atoms with Gasteiger partial charge in [-0.15, -0.1) is 0 Å². The van der Waals surface area contributed by atoms with Gasteiger partial charge in [0.15, 0.2) is 5.16 Å². The first-order valence-corrected chi connectivity index (χ1v) is 12.0. The molecule has 0 saturated carbocycles. The van der Waals surface area contributed by atoms with Crippen LogP contribution in [0.5, 0.6) is 0 Å². The highest BCUT2D eigenvalue weighted by Gasteiger charge is 2.23. The van der Waals surface area contributed by atoms with Crippen LogP contribution in [0, 0.1) is 11.8 Å². The van der Waals surface area contributed by atoms with Crippen molar-refractivity contribution < 1.29 is 14.7 Å². The topological polar surface area (TPSA) is 181 Å². The Morgan fingerprint density at radius 1 is 0.938 bits per heavy atom. The Morgan fingerprint density at radius 2 is 1.50 bits per heavy atom. The maximum atomic E-state index is 12.7. The third-order valence-electron chi connectivity index (χ3n) is 4.28. The minimum atomic E-state index is -0.984. The second-order valence-electron chi connectivity index (χ2n) is 8.33. The molecule has 32 heavy (non-hydrogen) atoms. The molecule has 1 rings (SSSR count). The van der Waals surface area contributed by atoms with E-state index < -0.39 is 18.1 Å². The Bertz CT molecular complexity index is 720. The van der Waals surface area contributed by atoms with Crippen molar-refractivity contribution in [2.24, 2.45) is 23.3 Å². The SMILES string of the molecule is CC(C)CC(Nc1nc(N[C@@H](CC(C)C)C(=O)O)nc(SCCN)n1)C(=O)NCCCN. The molecule has 8 N–H and O–H groups in total. The maximum Gasteiger partial charge on any atom is 0.326 e. The predicted octanol–water partition coefficient (Wildman–Crippen LogP) is 1.13. The highest BCUT2D eigenvalue weighted by molar-refractivity contribution is 7.99. The lowest BCUT2D eigenvalue weighted by atomic mass is 10.0. The van der Waals surface area contributed by atoms with Gasteiger partial charge >= 0.3 is 5.97 Å². The van der Waals surface area contributed by atoms with Crippen LogP contribution in [0.4, 0.5) is 11.9 Å². The van der Waals surface area contributed by atoms with Gasteiger partial charge in [0.25, 0.3) is 0 Å². The van der Waals surface area contributed by atoms with Crippen LogP contribution in [-0.2, 0) is 9.59 Å². The molecule has 1 amide bonds. The van der Waals surface area contributed by atoms with Crippen LogP contribution in [0.15, 0.2) is 5.16 Å². The summed E-state index contributed by atoms with van der Waals surface area (Å²) in [6.07, 6.45) is 1.67. The number of rotatable bonds is 16. The Balaban J connectivity index is 3.14. The van der Waals surface area contributed by atoms with Crippen LogP contribution < -0.4 is 27.4 Å². The molecule has 0 radical (unpaired) electrons.